The summed E-state index contributed by atoms with van der Waals surface area (Å²) in [7, 11) is 0. The largest absolute Gasteiger partial charge is 0.383 e. The van der Waals surface area contributed by atoms with Crippen LogP contribution in [0.25, 0.3) is 33.2 Å². The lowest BCUT2D eigenvalue weighted by atomic mass is 9.90. The van der Waals surface area contributed by atoms with Gasteiger partial charge in [-0.05, 0) is 49.5 Å². The molecule has 4 aromatic rings. The molecule has 32 heavy (non-hydrogen) atoms. The molecule has 0 atom stereocenters. The van der Waals surface area contributed by atoms with Gasteiger partial charge < -0.3 is 11.1 Å². The number of nitrogens with one attached hydrogen (secondary N) is 2. The molecule has 1 aromatic carbocycles. The maximum absolute atomic E-state index is 6.28. The molecule has 5 rings (SSSR count). The highest BCUT2D eigenvalue weighted by Crippen LogP contribution is 2.35. The SMILES string of the molecule is Cl.Cl.Cl.Nc1ncc(-c2c[nH]nc2C2CCNCC2)cc1-c1cc2cccc(Cl)c2cn1. The average molecular weight is 514 g/mol. The Hall–Kier alpha value is -2.09. The van der Waals surface area contributed by atoms with Crippen LogP contribution in [0, 0.1) is 0 Å². The molecular weight excluding hydrogens is 490 g/mol. The molecule has 0 radical (unpaired) electrons. The van der Waals surface area contributed by atoms with Gasteiger partial charge in [-0.1, -0.05) is 23.7 Å². The fourth-order valence-electron chi connectivity index (χ4n) is 4.05. The van der Waals surface area contributed by atoms with Gasteiger partial charge in [-0.25, -0.2) is 4.98 Å². The number of piperidine rings is 1. The molecule has 10 heteroatoms. The summed E-state index contributed by atoms with van der Waals surface area (Å²) in [5.41, 5.74) is 11.0. The number of hydrogen-bond donors (Lipinski definition) is 3. The van der Waals surface area contributed by atoms with E-state index in [1.165, 1.54) is 0 Å². The van der Waals surface area contributed by atoms with Crippen LogP contribution in [-0.2, 0) is 0 Å². The molecule has 0 saturated carbocycles. The van der Waals surface area contributed by atoms with Crippen LogP contribution in [0.1, 0.15) is 24.5 Å². The van der Waals surface area contributed by atoms with Gasteiger partial charge in [-0.2, -0.15) is 5.10 Å². The second-order valence-corrected chi connectivity index (χ2v) is 7.80. The lowest BCUT2D eigenvalue weighted by Crippen LogP contribution is -2.27. The Kier molecular flexibility index (Phi) is 9.13. The van der Waals surface area contributed by atoms with Crippen molar-refractivity contribution < 1.29 is 0 Å². The predicted octanol–water partition coefficient (Wildman–Crippen LogP) is 5.65. The minimum atomic E-state index is 0. The van der Waals surface area contributed by atoms with Crippen molar-refractivity contribution in [3.05, 3.63) is 59.6 Å². The fraction of sp³-hybridized carbons (Fsp3) is 0.227. The molecule has 170 valence electrons. The first-order valence-electron chi connectivity index (χ1n) is 9.75. The zero-order valence-corrected chi connectivity index (χ0v) is 20.3. The maximum Gasteiger partial charge on any atom is 0.132 e. The lowest BCUT2D eigenvalue weighted by molar-refractivity contribution is 0.453. The van der Waals surface area contributed by atoms with E-state index in [0.717, 1.165) is 64.8 Å². The number of nitrogen functional groups attached to an aromatic ring is 1. The Morgan fingerprint density at radius 3 is 2.53 bits per heavy atom. The predicted molar refractivity (Wildman–Crippen MR) is 139 cm³/mol. The van der Waals surface area contributed by atoms with Crippen LogP contribution >= 0.6 is 48.8 Å². The van der Waals surface area contributed by atoms with Gasteiger partial charge in [0.1, 0.15) is 5.82 Å². The van der Waals surface area contributed by atoms with Crippen LogP contribution < -0.4 is 11.1 Å². The van der Waals surface area contributed by atoms with Gasteiger partial charge in [-0.15, -0.1) is 37.2 Å². The number of anilines is 1. The van der Waals surface area contributed by atoms with Gasteiger partial charge >= 0.3 is 0 Å². The summed E-state index contributed by atoms with van der Waals surface area (Å²) in [4.78, 5) is 9.05. The molecule has 1 fully saturated rings. The number of pyridine rings is 2. The Labute approximate surface area is 210 Å². The standard InChI is InChI=1S/C22H21ClN6.3ClH/c23-19-3-1-2-14-9-20(26-11-17(14)19)16-8-15(10-27-22(16)24)18-12-28-29-21(18)13-4-6-25-7-5-13;;;/h1-3,8-13,25H,4-7H2,(H2,24,27)(H,28,29);3*1H. The zero-order valence-electron chi connectivity index (χ0n) is 17.0. The van der Waals surface area contributed by atoms with E-state index in [1.807, 2.05) is 36.7 Å². The minimum Gasteiger partial charge on any atom is -0.383 e. The first-order valence-corrected chi connectivity index (χ1v) is 10.1. The van der Waals surface area contributed by atoms with Gasteiger partial charge in [0.25, 0.3) is 0 Å². The zero-order chi connectivity index (χ0) is 19.8. The van der Waals surface area contributed by atoms with Gasteiger partial charge in [0.05, 0.1) is 11.4 Å². The number of fused-ring (bicyclic) bond motifs is 1. The third-order valence-electron chi connectivity index (χ3n) is 5.61. The van der Waals surface area contributed by atoms with Gasteiger partial charge in [-0.3, -0.25) is 10.1 Å². The third-order valence-corrected chi connectivity index (χ3v) is 5.94. The summed E-state index contributed by atoms with van der Waals surface area (Å²) in [6, 6.07) is 9.87. The van der Waals surface area contributed by atoms with Crippen molar-refractivity contribution in [2.75, 3.05) is 18.8 Å². The first-order chi connectivity index (χ1) is 14.2. The summed E-state index contributed by atoms with van der Waals surface area (Å²) in [6.07, 6.45) is 7.71. The molecule has 0 aliphatic carbocycles. The Morgan fingerprint density at radius 1 is 0.969 bits per heavy atom. The van der Waals surface area contributed by atoms with Crippen LogP contribution in [0.15, 0.2) is 48.9 Å². The highest BCUT2D eigenvalue weighted by molar-refractivity contribution is 6.35. The summed E-state index contributed by atoms with van der Waals surface area (Å²) in [5, 5.41) is 13.6. The average Bonchev–Trinajstić information content (AvgIpc) is 3.25. The number of nitrogens with zero attached hydrogens (tertiary/aromatic N) is 3. The van der Waals surface area contributed by atoms with Gasteiger partial charge in [0.2, 0.25) is 0 Å². The van der Waals surface area contributed by atoms with Crippen LogP contribution in [0.2, 0.25) is 5.02 Å². The van der Waals surface area contributed by atoms with Crippen molar-refractivity contribution in [2.45, 2.75) is 18.8 Å². The number of rotatable bonds is 3. The van der Waals surface area contributed by atoms with Crippen molar-refractivity contribution in [3.63, 3.8) is 0 Å². The molecule has 4 heterocycles. The Balaban J connectivity index is 0.00000121. The Bertz CT molecular complexity index is 1190. The number of benzene rings is 1. The van der Waals surface area contributed by atoms with E-state index in [1.54, 1.807) is 6.20 Å². The monoisotopic (exact) mass is 512 g/mol. The number of aromatic amines is 1. The molecule has 0 bridgehead atoms. The number of halogens is 4. The smallest absolute Gasteiger partial charge is 0.132 e. The summed E-state index contributed by atoms with van der Waals surface area (Å²) >= 11 is 6.28. The summed E-state index contributed by atoms with van der Waals surface area (Å²) in [5.74, 6) is 0.897. The minimum absolute atomic E-state index is 0. The van der Waals surface area contributed by atoms with Crippen molar-refractivity contribution in [2.24, 2.45) is 0 Å². The number of nitrogens with two attached hydrogens (primary N) is 1. The molecule has 1 aliphatic heterocycles. The van der Waals surface area contributed by atoms with E-state index in [0.29, 0.717) is 16.8 Å². The molecule has 1 saturated heterocycles. The molecule has 0 amide bonds. The second-order valence-electron chi connectivity index (χ2n) is 7.40. The van der Waals surface area contributed by atoms with E-state index in [9.17, 15) is 0 Å². The van der Waals surface area contributed by atoms with E-state index >= 15 is 0 Å². The van der Waals surface area contributed by atoms with Crippen molar-refractivity contribution in [3.8, 4) is 22.4 Å². The second kappa shape index (κ2) is 11.2. The van der Waals surface area contributed by atoms with Crippen LogP contribution in [0.5, 0.6) is 0 Å². The number of H-pyrrole nitrogens is 1. The van der Waals surface area contributed by atoms with Gasteiger partial charge in [0.15, 0.2) is 0 Å². The quantitative estimate of drug-likeness (QED) is 0.329. The van der Waals surface area contributed by atoms with E-state index in [-0.39, 0.29) is 37.2 Å². The van der Waals surface area contributed by atoms with Crippen LogP contribution in [0.4, 0.5) is 5.82 Å². The number of aromatic nitrogens is 4. The molecule has 1 aliphatic rings. The molecule has 3 aromatic heterocycles. The highest BCUT2D eigenvalue weighted by Gasteiger charge is 2.22. The topological polar surface area (TPSA) is 92.5 Å². The third kappa shape index (κ3) is 4.95. The molecule has 6 nitrogen and oxygen atoms in total. The molecule has 4 N–H and O–H groups in total. The molecule has 0 spiro atoms. The summed E-state index contributed by atoms with van der Waals surface area (Å²) < 4.78 is 0. The Morgan fingerprint density at radius 2 is 1.75 bits per heavy atom. The van der Waals surface area contributed by atoms with Crippen molar-refractivity contribution >= 4 is 65.4 Å². The highest BCUT2D eigenvalue weighted by atomic mass is 35.5. The van der Waals surface area contributed by atoms with E-state index < -0.39 is 0 Å². The number of hydrogen-bond acceptors (Lipinski definition) is 5. The van der Waals surface area contributed by atoms with Crippen LogP contribution in [-0.4, -0.2) is 33.3 Å². The van der Waals surface area contributed by atoms with Gasteiger partial charge in [0, 0.05) is 51.6 Å². The first kappa shape index (κ1) is 26.2. The van der Waals surface area contributed by atoms with E-state index in [2.05, 4.69) is 31.5 Å². The van der Waals surface area contributed by atoms with E-state index in [4.69, 9.17) is 17.3 Å². The normalized spacial score (nSPS) is 13.7. The fourth-order valence-corrected chi connectivity index (χ4v) is 4.28. The van der Waals surface area contributed by atoms with Crippen molar-refractivity contribution in [1.29, 1.82) is 0 Å². The lowest BCUT2D eigenvalue weighted by Gasteiger charge is -2.22. The molecule has 0 unspecified atom stereocenters. The van der Waals surface area contributed by atoms with Crippen LogP contribution in [0.3, 0.4) is 0 Å². The maximum atomic E-state index is 6.28. The van der Waals surface area contributed by atoms with Crippen molar-refractivity contribution in [1.82, 2.24) is 25.5 Å². The molecular formula is C22H24Cl4N6. The summed E-state index contributed by atoms with van der Waals surface area (Å²) in [6.45, 7) is 2.04.